The highest BCUT2D eigenvalue weighted by atomic mass is 16.5. The number of nitrogens with one attached hydrogen (secondary N) is 1. The predicted octanol–water partition coefficient (Wildman–Crippen LogP) is 16.5. The van der Waals surface area contributed by atoms with E-state index < -0.39 is 12.1 Å². The standard InChI is InChI=1S/C55H107NO5/c1-3-5-7-9-11-13-15-17-19-21-23-25-29-33-37-41-45-49-55(60)61-50-46-42-38-34-30-26-28-32-36-40-44-48-54(59)56-52(51-57)53(58)47-43-39-35-31-27-24-22-20-18-16-14-12-10-8-6-4-2/h17,19,52-53,57-58H,3-16,18,20-51H2,1-2H3,(H,56,59)/b19-17-. The molecule has 2 unspecified atom stereocenters. The molecule has 0 fully saturated rings. The van der Waals surface area contributed by atoms with Crippen LogP contribution in [0.25, 0.3) is 0 Å². The number of hydrogen-bond donors (Lipinski definition) is 3. The number of unbranched alkanes of at least 4 members (excludes halogenated alkanes) is 38. The molecular formula is C55H107NO5. The van der Waals surface area contributed by atoms with Crippen LogP contribution in [0, 0.1) is 0 Å². The fourth-order valence-electron chi connectivity index (χ4n) is 8.58. The summed E-state index contributed by atoms with van der Waals surface area (Å²) in [6, 6.07) is -0.555. The molecule has 0 aromatic rings. The minimum atomic E-state index is -0.676. The zero-order chi connectivity index (χ0) is 44.4. The molecule has 3 N–H and O–H groups in total. The Labute approximate surface area is 380 Å². The summed E-state index contributed by atoms with van der Waals surface area (Å²) in [6.45, 7) is 4.92. The monoisotopic (exact) mass is 862 g/mol. The molecule has 2 atom stereocenters. The van der Waals surface area contributed by atoms with Crippen molar-refractivity contribution in [3.8, 4) is 0 Å². The fraction of sp³-hybridized carbons (Fsp3) is 0.927. The van der Waals surface area contributed by atoms with Crippen molar-refractivity contribution in [2.24, 2.45) is 0 Å². The molecule has 0 bridgehead atoms. The summed E-state index contributed by atoms with van der Waals surface area (Å²) >= 11 is 0. The molecule has 0 heterocycles. The van der Waals surface area contributed by atoms with E-state index in [0.29, 0.717) is 25.9 Å². The Morgan fingerprint density at radius 1 is 0.443 bits per heavy atom. The van der Waals surface area contributed by atoms with E-state index in [4.69, 9.17) is 4.74 Å². The van der Waals surface area contributed by atoms with Gasteiger partial charge in [0.15, 0.2) is 0 Å². The van der Waals surface area contributed by atoms with Crippen LogP contribution in [-0.4, -0.2) is 47.4 Å². The second-order valence-electron chi connectivity index (χ2n) is 18.9. The van der Waals surface area contributed by atoms with E-state index in [0.717, 1.165) is 57.8 Å². The molecule has 0 rings (SSSR count). The number of carbonyl (C=O) groups excluding carboxylic acids is 2. The van der Waals surface area contributed by atoms with Gasteiger partial charge in [0.05, 0.1) is 25.4 Å². The average Bonchev–Trinajstić information content (AvgIpc) is 3.26. The summed E-state index contributed by atoms with van der Waals surface area (Å²) in [4.78, 5) is 24.5. The van der Waals surface area contributed by atoms with E-state index in [2.05, 4.69) is 31.3 Å². The predicted molar refractivity (Wildman–Crippen MR) is 264 cm³/mol. The van der Waals surface area contributed by atoms with Gasteiger partial charge in [0, 0.05) is 12.8 Å². The number of allylic oxidation sites excluding steroid dienone is 2. The van der Waals surface area contributed by atoms with Gasteiger partial charge in [-0.15, -0.1) is 0 Å². The van der Waals surface area contributed by atoms with Crippen LogP contribution in [0.15, 0.2) is 12.2 Å². The van der Waals surface area contributed by atoms with Gasteiger partial charge in [-0.2, -0.15) is 0 Å². The largest absolute Gasteiger partial charge is 0.466 e. The van der Waals surface area contributed by atoms with Gasteiger partial charge in [0.25, 0.3) is 0 Å². The van der Waals surface area contributed by atoms with Crippen molar-refractivity contribution in [3.63, 3.8) is 0 Å². The Balaban J connectivity index is 3.45. The third kappa shape index (κ3) is 47.9. The second-order valence-corrected chi connectivity index (χ2v) is 18.9. The maximum absolute atomic E-state index is 12.5. The van der Waals surface area contributed by atoms with Crippen LogP contribution >= 0.6 is 0 Å². The zero-order valence-corrected chi connectivity index (χ0v) is 41.2. The molecule has 6 nitrogen and oxygen atoms in total. The lowest BCUT2D eigenvalue weighted by molar-refractivity contribution is -0.143. The molecule has 0 saturated heterocycles. The normalized spacial score (nSPS) is 12.7. The van der Waals surface area contributed by atoms with E-state index in [1.54, 1.807) is 0 Å². The lowest BCUT2D eigenvalue weighted by Crippen LogP contribution is -2.45. The highest BCUT2D eigenvalue weighted by molar-refractivity contribution is 5.76. The Hall–Kier alpha value is -1.40. The lowest BCUT2D eigenvalue weighted by atomic mass is 10.0. The van der Waals surface area contributed by atoms with Gasteiger partial charge in [0.2, 0.25) is 5.91 Å². The number of aliphatic hydroxyl groups excluding tert-OH is 2. The first kappa shape index (κ1) is 59.6. The molecule has 0 aliphatic rings. The number of hydrogen-bond acceptors (Lipinski definition) is 5. The third-order valence-corrected chi connectivity index (χ3v) is 12.8. The van der Waals surface area contributed by atoms with E-state index >= 15 is 0 Å². The van der Waals surface area contributed by atoms with Crippen molar-refractivity contribution in [1.82, 2.24) is 5.32 Å². The smallest absolute Gasteiger partial charge is 0.305 e. The highest BCUT2D eigenvalue weighted by Crippen LogP contribution is 2.17. The van der Waals surface area contributed by atoms with Crippen molar-refractivity contribution in [1.29, 1.82) is 0 Å². The van der Waals surface area contributed by atoms with Gasteiger partial charge < -0.3 is 20.3 Å². The molecule has 0 aromatic carbocycles. The van der Waals surface area contributed by atoms with Crippen LogP contribution < -0.4 is 5.32 Å². The van der Waals surface area contributed by atoms with Gasteiger partial charge in [-0.3, -0.25) is 9.59 Å². The molecule has 0 aromatic heterocycles. The number of aliphatic hydroxyl groups is 2. The van der Waals surface area contributed by atoms with Crippen LogP contribution in [0.4, 0.5) is 0 Å². The number of ether oxygens (including phenoxy) is 1. The third-order valence-electron chi connectivity index (χ3n) is 12.8. The van der Waals surface area contributed by atoms with E-state index in [1.807, 2.05) is 0 Å². The summed E-state index contributed by atoms with van der Waals surface area (Å²) in [7, 11) is 0. The van der Waals surface area contributed by atoms with Gasteiger partial charge in [-0.25, -0.2) is 0 Å². The van der Waals surface area contributed by atoms with Crippen LogP contribution in [0.2, 0.25) is 0 Å². The Bertz CT molecular complexity index is 909. The van der Waals surface area contributed by atoms with Gasteiger partial charge >= 0.3 is 5.97 Å². The topological polar surface area (TPSA) is 95.9 Å². The molecule has 0 aliphatic carbocycles. The van der Waals surface area contributed by atoms with Crippen molar-refractivity contribution >= 4 is 11.9 Å². The van der Waals surface area contributed by atoms with Crippen molar-refractivity contribution in [2.45, 2.75) is 315 Å². The quantitative estimate of drug-likeness (QED) is 0.0322. The molecule has 0 radical (unpaired) electrons. The van der Waals surface area contributed by atoms with Gasteiger partial charge in [0.1, 0.15) is 0 Å². The molecule has 61 heavy (non-hydrogen) atoms. The van der Waals surface area contributed by atoms with Crippen molar-refractivity contribution in [3.05, 3.63) is 12.2 Å². The number of esters is 1. The molecular weight excluding hydrogens is 755 g/mol. The van der Waals surface area contributed by atoms with Crippen molar-refractivity contribution < 1.29 is 24.5 Å². The van der Waals surface area contributed by atoms with Crippen LogP contribution in [0.3, 0.4) is 0 Å². The first-order valence-corrected chi connectivity index (χ1v) is 27.4. The summed E-state index contributed by atoms with van der Waals surface area (Å²) in [5, 5.41) is 23.2. The summed E-state index contributed by atoms with van der Waals surface area (Å²) in [5.74, 6) is -0.0682. The first-order valence-electron chi connectivity index (χ1n) is 27.4. The van der Waals surface area contributed by atoms with E-state index in [9.17, 15) is 19.8 Å². The number of rotatable bonds is 51. The van der Waals surface area contributed by atoms with Crippen molar-refractivity contribution in [2.75, 3.05) is 13.2 Å². The summed E-state index contributed by atoms with van der Waals surface area (Å²) < 4.78 is 5.47. The molecule has 6 heteroatoms. The number of carbonyl (C=O) groups is 2. The number of amides is 1. The van der Waals surface area contributed by atoms with E-state index in [1.165, 1.54) is 212 Å². The van der Waals surface area contributed by atoms with Crippen LogP contribution in [0.5, 0.6) is 0 Å². The average molecular weight is 862 g/mol. The molecule has 0 spiro atoms. The molecule has 362 valence electrons. The van der Waals surface area contributed by atoms with Crippen LogP contribution in [0.1, 0.15) is 303 Å². The summed E-state index contributed by atoms with van der Waals surface area (Å²) in [5.41, 5.74) is 0. The minimum Gasteiger partial charge on any atom is -0.466 e. The van der Waals surface area contributed by atoms with Crippen LogP contribution in [-0.2, 0) is 14.3 Å². The summed E-state index contributed by atoms with van der Waals surface area (Å²) in [6.07, 6.45) is 59.0. The maximum atomic E-state index is 12.5. The Morgan fingerprint density at radius 2 is 0.770 bits per heavy atom. The Morgan fingerprint density at radius 3 is 1.16 bits per heavy atom. The van der Waals surface area contributed by atoms with Gasteiger partial charge in [-0.1, -0.05) is 251 Å². The molecule has 0 saturated carbocycles. The lowest BCUT2D eigenvalue weighted by Gasteiger charge is -2.22. The molecule has 0 aliphatic heterocycles. The minimum absolute atomic E-state index is 0.0163. The highest BCUT2D eigenvalue weighted by Gasteiger charge is 2.20. The Kier molecular flexibility index (Phi) is 50.1. The first-order chi connectivity index (χ1) is 30.0. The zero-order valence-electron chi connectivity index (χ0n) is 41.2. The SMILES string of the molecule is CCCCCCCC/C=C\CCCCCCCCCC(=O)OCCCCCCCCCCCCCC(=O)NC(CO)C(O)CCCCCCCCCCCCCCCCCC. The van der Waals surface area contributed by atoms with Gasteiger partial charge in [-0.05, 0) is 51.4 Å². The second kappa shape index (κ2) is 51.2. The maximum Gasteiger partial charge on any atom is 0.305 e. The fourth-order valence-corrected chi connectivity index (χ4v) is 8.58. The van der Waals surface area contributed by atoms with E-state index in [-0.39, 0.29) is 18.5 Å². The molecule has 1 amide bonds.